The lowest BCUT2D eigenvalue weighted by atomic mass is 9.86. The molecule has 1 saturated carbocycles. The predicted molar refractivity (Wildman–Crippen MR) is 87.8 cm³/mol. The van der Waals surface area contributed by atoms with E-state index in [9.17, 15) is 4.79 Å². The Morgan fingerprint density at radius 3 is 2.83 bits per heavy atom. The standard InChI is InChI=1S/C17H21ClN2O3/c1-11-5-3-4-6-14(11)20-16(21)10-23-17-13(18)7-12(9-19)8-15(17)22-2/h7-8,11,14H,3-6,10H2,1-2H3,(H,20,21)/t11-,14+/m1/s1. The number of amides is 1. The van der Waals surface area contributed by atoms with Crippen molar-refractivity contribution in [3.63, 3.8) is 0 Å². The minimum absolute atomic E-state index is 0.134. The molecule has 0 spiro atoms. The van der Waals surface area contributed by atoms with Crippen molar-refractivity contribution in [2.75, 3.05) is 13.7 Å². The molecule has 23 heavy (non-hydrogen) atoms. The largest absolute Gasteiger partial charge is 0.493 e. The molecule has 0 aromatic heterocycles. The summed E-state index contributed by atoms with van der Waals surface area (Å²) in [5, 5.41) is 12.2. The van der Waals surface area contributed by atoms with Crippen LogP contribution in [0.2, 0.25) is 5.02 Å². The fourth-order valence-electron chi connectivity index (χ4n) is 2.84. The molecule has 1 fully saturated rings. The molecule has 1 amide bonds. The summed E-state index contributed by atoms with van der Waals surface area (Å²) in [7, 11) is 1.46. The van der Waals surface area contributed by atoms with Gasteiger partial charge in [0.1, 0.15) is 0 Å². The van der Waals surface area contributed by atoms with Gasteiger partial charge in [0, 0.05) is 12.1 Å². The number of nitrogens with one attached hydrogen (secondary N) is 1. The highest BCUT2D eigenvalue weighted by molar-refractivity contribution is 6.32. The molecule has 1 aromatic carbocycles. The van der Waals surface area contributed by atoms with Crippen LogP contribution in [0.3, 0.4) is 0 Å². The molecule has 6 heteroatoms. The van der Waals surface area contributed by atoms with Crippen LogP contribution in [-0.2, 0) is 4.79 Å². The zero-order chi connectivity index (χ0) is 16.8. The highest BCUT2D eigenvalue weighted by atomic mass is 35.5. The van der Waals surface area contributed by atoms with Gasteiger partial charge in [-0.15, -0.1) is 0 Å². The van der Waals surface area contributed by atoms with Crippen LogP contribution in [0.4, 0.5) is 0 Å². The Balaban J connectivity index is 1.97. The van der Waals surface area contributed by atoms with Crippen molar-refractivity contribution in [2.45, 2.75) is 38.6 Å². The van der Waals surface area contributed by atoms with Crippen LogP contribution in [0.15, 0.2) is 12.1 Å². The maximum absolute atomic E-state index is 12.1. The summed E-state index contributed by atoms with van der Waals surface area (Å²) in [6, 6.07) is 5.22. The molecule has 1 aliphatic rings. The Bertz CT molecular complexity index is 613. The van der Waals surface area contributed by atoms with Gasteiger partial charge in [-0.25, -0.2) is 0 Å². The average molecular weight is 337 g/mol. The quantitative estimate of drug-likeness (QED) is 0.895. The molecule has 0 heterocycles. The molecule has 2 atom stereocenters. The fraction of sp³-hybridized carbons (Fsp3) is 0.529. The average Bonchev–Trinajstić information content (AvgIpc) is 2.55. The number of halogens is 1. The van der Waals surface area contributed by atoms with Crippen molar-refractivity contribution in [1.29, 1.82) is 5.26 Å². The minimum Gasteiger partial charge on any atom is -0.493 e. The van der Waals surface area contributed by atoms with E-state index < -0.39 is 0 Å². The van der Waals surface area contributed by atoms with Crippen LogP contribution < -0.4 is 14.8 Å². The van der Waals surface area contributed by atoms with E-state index in [1.807, 2.05) is 6.07 Å². The number of nitrogens with zero attached hydrogens (tertiary/aromatic N) is 1. The maximum atomic E-state index is 12.1. The van der Waals surface area contributed by atoms with Gasteiger partial charge in [0.15, 0.2) is 18.1 Å². The van der Waals surface area contributed by atoms with Gasteiger partial charge in [0.05, 0.1) is 23.8 Å². The third kappa shape index (κ3) is 4.52. The van der Waals surface area contributed by atoms with E-state index in [0.717, 1.165) is 19.3 Å². The molecule has 0 saturated heterocycles. The normalized spacial score (nSPS) is 20.4. The first-order valence-corrected chi connectivity index (χ1v) is 8.12. The molecule has 0 bridgehead atoms. The smallest absolute Gasteiger partial charge is 0.258 e. The lowest BCUT2D eigenvalue weighted by Gasteiger charge is -2.29. The van der Waals surface area contributed by atoms with E-state index in [1.165, 1.54) is 25.7 Å². The highest BCUT2D eigenvalue weighted by Gasteiger charge is 2.23. The maximum Gasteiger partial charge on any atom is 0.258 e. The Kier molecular flexibility index (Phi) is 6.12. The van der Waals surface area contributed by atoms with E-state index in [-0.39, 0.29) is 29.3 Å². The molecule has 1 aromatic rings. The number of carbonyl (C=O) groups is 1. The Morgan fingerprint density at radius 2 is 2.17 bits per heavy atom. The second-order valence-electron chi connectivity index (χ2n) is 5.83. The van der Waals surface area contributed by atoms with Crippen molar-refractivity contribution in [3.05, 3.63) is 22.7 Å². The Labute approximate surface area is 141 Å². The minimum atomic E-state index is -0.175. The number of rotatable bonds is 5. The van der Waals surface area contributed by atoms with Crippen LogP contribution in [0.1, 0.15) is 38.2 Å². The summed E-state index contributed by atoms with van der Waals surface area (Å²) < 4.78 is 10.7. The molecule has 1 N–H and O–H groups in total. The number of ether oxygens (including phenoxy) is 2. The monoisotopic (exact) mass is 336 g/mol. The number of nitriles is 1. The molecule has 2 rings (SSSR count). The Hall–Kier alpha value is -1.93. The van der Waals surface area contributed by atoms with Crippen molar-refractivity contribution >= 4 is 17.5 Å². The summed E-state index contributed by atoms with van der Waals surface area (Å²) >= 11 is 6.10. The molecule has 0 aliphatic heterocycles. The van der Waals surface area contributed by atoms with Gasteiger partial charge in [-0.3, -0.25) is 4.79 Å². The van der Waals surface area contributed by atoms with Gasteiger partial charge >= 0.3 is 0 Å². The van der Waals surface area contributed by atoms with Crippen LogP contribution in [-0.4, -0.2) is 25.7 Å². The van der Waals surface area contributed by atoms with Gasteiger partial charge in [-0.05, 0) is 24.8 Å². The molecular weight excluding hydrogens is 316 g/mol. The molecule has 0 radical (unpaired) electrons. The van der Waals surface area contributed by atoms with Gasteiger partial charge in [-0.2, -0.15) is 5.26 Å². The summed E-state index contributed by atoms with van der Waals surface area (Å²) in [6.07, 6.45) is 4.52. The van der Waals surface area contributed by atoms with Crippen LogP contribution in [0, 0.1) is 17.2 Å². The zero-order valence-electron chi connectivity index (χ0n) is 13.4. The third-order valence-electron chi connectivity index (χ3n) is 4.16. The second-order valence-corrected chi connectivity index (χ2v) is 6.23. The van der Waals surface area contributed by atoms with E-state index >= 15 is 0 Å². The van der Waals surface area contributed by atoms with E-state index in [2.05, 4.69) is 12.2 Å². The first-order valence-electron chi connectivity index (χ1n) is 7.75. The summed E-state index contributed by atoms with van der Waals surface area (Å²) in [5.41, 5.74) is 0.375. The predicted octanol–water partition coefficient (Wildman–Crippen LogP) is 3.29. The summed E-state index contributed by atoms with van der Waals surface area (Å²) in [4.78, 5) is 12.1. The SMILES string of the molecule is COc1cc(C#N)cc(Cl)c1OCC(=O)N[C@H]1CCCC[C@H]1C. The van der Waals surface area contributed by atoms with E-state index in [4.69, 9.17) is 26.3 Å². The van der Waals surface area contributed by atoms with Crippen molar-refractivity contribution < 1.29 is 14.3 Å². The topological polar surface area (TPSA) is 71.3 Å². The lowest BCUT2D eigenvalue weighted by Crippen LogP contribution is -2.43. The highest BCUT2D eigenvalue weighted by Crippen LogP contribution is 2.36. The van der Waals surface area contributed by atoms with Crippen molar-refractivity contribution in [1.82, 2.24) is 5.32 Å². The lowest BCUT2D eigenvalue weighted by molar-refractivity contribution is -0.124. The summed E-state index contributed by atoms with van der Waals surface area (Å²) in [5.74, 6) is 0.930. The van der Waals surface area contributed by atoms with Gasteiger partial charge in [0.2, 0.25) is 0 Å². The third-order valence-corrected chi connectivity index (χ3v) is 4.44. The van der Waals surface area contributed by atoms with Crippen molar-refractivity contribution in [3.8, 4) is 17.6 Å². The van der Waals surface area contributed by atoms with Crippen molar-refractivity contribution in [2.24, 2.45) is 5.92 Å². The number of hydrogen-bond acceptors (Lipinski definition) is 4. The molecule has 0 unspecified atom stereocenters. The van der Waals surface area contributed by atoms with Crippen LogP contribution in [0.5, 0.6) is 11.5 Å². The molecule has 124 valence electrons. The number of benzene rings is 1. The van der Waals surface area contributed by atoms with Gasteiger partial charge < -0.3 is 14.8 Å². The molecule has 5 nitrogen and oxygen atoms in total. The first-order chi connectivity index (χ1) is 11.0. The number of hydrogen-bond donors (Lipinski definition) is 1. The van der Waals surface area contributed by atoms with Gasteiger partial charge in [0.25, 0.3) is 5.91 Å². The molecule has 1 aliphatic carbocycles. The number of methoxy groups -OCH3 is 1. The first kappa shape index (κ1) is 17.4. The fourth-order valence-corrected chi connectivity index (χ4v) is 3.11. The summed E-state index contributed by atoms with van der Waals surface area (Å²) in [6.45, 7) is 2.02. The van der Waals surface area contributed by atoms with E-state index in [0.29, 0.717) is 17.2 Å². The van der Waals surface area contributed by atoms with Crippen LogP contribution >= 0.6 is 11.6 Å². The zero-order valence-corrected chi connectivity index (χ0v) is 14.2. The second kappa shape index (κ2) is 8.07. The van der Waals surface area contributed by atoms with E-state index in [1.54, 1.807) is 0 Å². The van der Waals surface area contributed by atoms with Gasteiger partial charge in [-0.1, -0.05) is 31.4 Å². The van der Waals surface area contributed by atoms with Crippen LogP contribution in [0.25, 0.3) is 0 Å². The Morgan fingerprint density at radius 1 is 1.43 bits per heavy atom. The number of carbonyl (C=O) groups excluding carboxylic acids is 1. The molecular formula is C17H21ClN2O3.